The Morgan fingerprint density at radius 1 is 1.23 bits per heavy atom. The normalized spacial score (nSPS) is 18.3. The number of nitrogens with zero attached hydrogens (tertiary/aromatic N) is 5. The Labute approximate surface area is 128 Å². The Bertz CT molecular complexity index is 674. The molecule has 7 heteroatoms. The molecule has 1 saturated heterocycles. The van der Waals surface area contributed by atoms with E-state index in [0.717, 1.165) is 11.4 Å². The van der Waals surface area contributed by atoms with Crippen LogP contribution in [0.3, 0.4) is 0 Å². The molecule has 2 aromatic rings. The zero-order chi connectivity index (χ0) is 15.5. The molecule has 1 unspecified atom stereocenters. The second-order valence-electron chi connectivity index (χ2n) is 5.21. The summed E-state index contributed by atoms with van der Waals surface area (Å²) in [7, 11) is 0. The third kappa shape index (κ3) is 3.09. The summed E-state index contributed by atoms with van der Waals surface area (Å²) in [6.07, 6.45) is 4.49. The highest BCUT2D eigenvalue weighted by molar-refractivity contribution is 5.92. The number of morpholine rings is 1. The standard InChI is InChI=1S/C15H17N5O2/c1-10-3-4-16-14(19-10)13-9-20(5-6-22-13)15(21)12-8-17-11(2)7-18-12/h3-4,7-8,13H,5-6,9H2,1-2H3. The molecular weight excluding hydrogens is 282 g/mol. The third-order valence-electron chi connectivity index (χ3n) is 3.46. The third-order valence-corrected chi connectivity index (χ3v) is 3.46. The summed E-state index contributed by atoms with van der Waals surface area (Å²) in [5.41, 5.74) is 2.00. The SMILES string of the molecule is Cc1cnc(C(=O)N2CCOC(c3nccc(C)n3)C2)cn1. The number of hydrogen-bond donors (Lipinski definition) is 0. The van der Waals surface area contributed by atoms with E-state index in [4.69, 9.17) is 4.74 Å². The fraction of sp³-hybridized carbons (Fsp3) is 0.400. The van der Waals surface area contributed by atoms with Gasteiger partial charge in [0, 0.05) is 24.6 Å². The zero-order valence-electron chi connectivity index (χ0n) is 12.6. The highest BCUT2D eigenvalue weighted by Gasteiger charge is 2.28. The predicted octanol–water partition coefficient (Wildman–Crippen LogP) is 1.10. The lowest BCUT2D eigenvalue weighted by molar-refractivity contribution is -0.0270. The van der Waals surface area contributed by atoms with Gasteiger partial charge in [-0.25, -0.2) is 15.0 Å². The summed E-state index contributed by atoms with van der Waals surface area (Å²) in [6, 6.07) is 1.83. The van der Waals surface area contributed by atoms with Crippen molar-refractivity contribution in [2.75, 3.05) is 19.7 Å². The maximum absolute atomic E-state index is 12.5. The first-order chi connectivity index (χ1) is 10.6. The zero-order valence-corrected chi connectivity index (χ0v) is 12.6. The Balaban J connectivity index is 1.75. The molecule has 1 aliphatic heterocycles. The van der Waals surface area contributed by atoms with Crippen LogP contribution in [0.1, 0.15) is 33.8 Å². The molecule has 0 saturated carbocycles. The van der Waals surface area contributed by atoms with Gasteiger partial charge >= 0.3 is 0 Å². The molecule has 0 N–H and O–H groups in total. The van der Waals surface area contributed by atoms with Crippen LogP contribution in [0.4, 0.5) is 0 Å². The van der Waals surface area contributed by atoms with E-state index in [-0.39, 0.29) is 12.0 Å². The summed E-state index contributed by atoms with van der Waals surface area (Å²) in [5, 5.41) is 0. The van der Waals surface area contributed by atoms with Crippen molar-refractivity contribution in [3.8, 4) is 0 Å². The number of amides is 1. The molecule has 22 heavy (non-hydrogen) atoms. The molecule has 1 amide bonds. The highest BCUT2D eigenvalue weighted by atomic mass is 16.5. The number of carbonyl (C=O) groups excluding carboxylic acids is 1. The van der Waals surface area contributed by atoms with Crippen LogP contribution in [0.5, 0.6) is 0 Å². The first kappa shape index (κ1) is 14.5. The van der Waals surface area contributed by atoms with Gasteiger partial charge in [0.2, 0.25) is 0 Å². The number of carbonyl (C=O) groups is 1. The molecule has 0 aromatic carbocycles. The minimum atomic E-state index is -0.309. The lowest BCUT2D eigenvalue weighted by Gasteiger charge is -2.31. The Morgan fingerprint density at radius 2 is 2.09 bits per heavy atom. The maximum Gasteiger partial charge on any atom is 0.274 e. The lowest BCUT2D eigenvalue weighted by Crippen LogP contribution is -2.43. The Kier molecular flexibility index (Phi) is 4.06. The summed E-state index contributed by atoms with van der Waals surface area (Å²) in [5.74, 6) is 0.459. The van der Waals surface area contributed by atoms with Crippen molar-refractivity contribution in [2.24, 2.45) is 0 Å². The van der Waals surface area contributed by atoms with Crippen LogP contribution in [0.2, 0.25) is 0 Å². The van der Waals surface area contributed by atoms with E-state index in [1.807, 2.05) is 19.9 Å². The van der Waals surface area contributed by atoms with Gasteiger partial charge in [-0.15, -0.1) is 0 Å². The molecule has 1 fully saturated rings. The van der Waals surface area contributed by atoms with Crippen LogP contribution >= 0.6 is 0 Å². The minimum absolute atomic E-state index is 0.145. The molecule has 7 nitrogen and oxygen atoms in total. The molecular formula is C15H17N5O2. The maximum atomic E-state index is 12.5. The Morgan fingerprint density at radius 3 is 2.82 bits per heavy atom. The number of aryl methyl sites for hydroxylation is 2. The van der Waals surface area contributed by atoms with Crippen LogP contribution in [0.25, 0.3) is 0 Å². The number of ether oxygens (including phenoxy) is 1. The summed E-state index contributed by atoms with van der Waals surface area (Å²) >= 11 is 0. The fourth-order valence-electron chi connectivity index (χ4n) is 2.28. The van der Waals surface area contributed by atoms with E-state index < -0.39 is 0 Å². The number of rotatable bonds is 2. The van der Waals surface area contributed by atoms with Gasteiger partial charge in [-0.3, -0.25) is 9.78 Å². The molecule has 114 valence electrons. The second-order valence-corrected chi connectivity index (χ2v) is 5.21. The van der Waals surface area contributed by atoms with Crippen LogP contribution in [-0.2, 0) is 4.74 Å². The molecule has 0 spiro atoms. The summed E-state index contributed by atoms with van der Waals surface area (Å²) < 4.78 is 5.70. The Hall–Kier alpha value is -2.41. The van der Waals surface area contributed by atoms with Gasteiger partial charge in [-0.05, 0) is 19.9 Å². The van der Waals surface area contributed by atoms with E-state index in [1.54, 1.807) is 17.3 Å². The van der Waals surface area contributed by atoms with Crippen molar-refractivity contribution in [1.29, 1.82) is 0 Å². The molecule has 2 aromatic heterocycles. The largest absolute Gasteiger partial charge is 0.367 e. The van der Waals surface area contributed by atoms with Crippen LogP contribution in [0, 0.1) is 13.8 Å². The van der Waals surface area contributed by atoms with Crippen molar-refractivity contribution >= 4 is 5.91 Å². The van der Waals surface area contributed by atoms with Gasteiger partial charge in [-0.2, -0.15) is 0 Å². The molecule has 1 aliphatic rings. The smallest absolute Gasteiger partial charge is 0.274 e. The van der Waals surface area contributed by atoms with E-state index in [1.165, 1.54) is 6.20 Å². The number of aromatic nitrogens is 4. The van der Waals surface area contributed by atoms with Gasteiger partial charge in [0.25, 0.3) is 5.91 Å². The van der Waals surface area contributed by atoms with Gasteiger partial charge in [-0.1, -0.05) is 0 Å². The predicted molar refractivity (Wildman–Crippen MR) is 78.1 cm³/mol. The van der Waals surface area contributed by atoms with E-state index >= 15 is 0 Å². The minimum Gasteiger partial charge on any atom is -0.367 e. The van der Waals surface area contributed by atoms with Gasteiger partial charge < -0.3 is 9.64 Å². The second kappa shape index (κ2) is 6.15. The van der Waals surface area contributed by atoms with E-state index in [9.17, 15) is 4.79 Å². The van der Waals surface area contributed by atoms with Gasteiger partial charge in [0.05, 0.1) is 25.0 Å². The average Bonchev–Trinajstić information content (AvgIpc) is 2.55. The van der Waals surface area contributed by atoms with Crippen molar-refractivity contribution in [2.45, 2.75) is 20.0 Å². The van der Waals surface area contributed by atoms with Gasteiger partial charge in [0.15, 0.2) is 5.82 Å². The van der Waals surface area contributed by atoms with Crippen molar-refractivity contribution < 1.29 is 9.53 Å². The molecule has 0 aliphatic carbocycles. The fourth-order valence-corrected chi connectivity index (χ4v) is 2.28. The molecule has 0 radical (unpaired) electrons. The van der Waals surface area contributed by atoms with E-state index in [2.05, 4.69) is 19.9 Å². The van der Waals surface area contributed by atoms with Crippen molar-refractivity contribution in [3.63, 3.8) is 0 Å². The van der Waals surface area contributed by atoms with Gasteiger partial charge in [0.1, 0.15) is 11.8 Å². The lowest BCUT2D eigenvalue weighted by atomic mass is 10.2. The van der Waals surface area contributed by atoms with Crippen LogP contribution < -0.4 is 0 Å². The monoisotopic (exact) mass is 299 g/mol. The first-order valence-corrected chi connectivity index (χ1v) is 7.12. The van der Waals surface area contributed by atoms with Crippen molar-refractivity contribution in [1.82, 2.24) is 24.8 Å². The average molecular weight is 299 g/mol. The molecule has 3 rings (SSSR count). The topological polar surface area (TPSA) is 81.1 Å². The summed E-state index contributed by atoms with van der Waals surface area (Å²) in [4.78, 5) is 31.1. The van der Waals surface area contributed by atoms with E-state index in [0.29, 0.717) is 31.2 Å². The van der Waals surface area contributed by atoms with Crippen LogP contribution in [-0.4, -0.2) is 50.4 Å². The van der Waals surface area contributed by atoms with Crippen LogP contribution in [0.15, 0.2) is 24.7 Å². The quantitative estimate of drug-likeness (QED) is 0.826. The molecule has 3 heterocycles. The molecule has 1 atom stereocenters. The highest BCUT2D eigenvalue weighted by Crippen LogP contribution is 2.20. The number of hydrogen-bond acceptors (Lipinski definition) is 6. The first-order valence-electron chi connectivity index (χ1n) is 7.12. The van der Waals surface area contributed by atoms with Crippen molar-refractivity contribution in [3.05, 3.63) is 47.6 Å². The summed E-state index contributed by atoms with van der Waals surface area (Å²) in [6.45, 7) is 5.13. The molecule has 0 bridgehead atoms.